The molecule has 0 N–H and O–H groups in total. The first-order chi connectivity index (χ1) is 11.2. The van der Waals surface area contributed by atoms with E-state index in [1.54, 1.807) is 17.7 Å². The second-order valence-electron chi connectivity index (χ2n) is 5.39. The SMILES string of the molecule is Cc1ccc(-c2cc3c([AsH2])ncnc3nc2-c2ccsc2)cc1. The van der Waals surface area contributed by atoms with Gasteiger partial charge >= 0.3 is 147 Å². The zero-order valence-corrected chi connectivity index (χ0v) is 15.8. The molecule has 0 saturated heterocycles. The Hall–Kier alpha value is -2.03. The standard InChI is InChI=1S/C18H14AsN3S/c1-11-2-4-12(5-3-11)14-8-15-17(19)20-10-21-18(15)22-16(14)13-6-7-23-9-13/h2-10H,19H2,1H3. The van der Waals surface area contributed by atoms with Gasteiger partial charge in [0.2, 0.25) is 0 Å². The molecule has 0 aliphatic heterocycles. The predicted octanol–water partition coefficient (Wildman–Crippen LogP) is 2.99. The van der Waals surface area contributed by atoms with Gasteiger partial charge in [0.25, 0.3) is 0 Å². The van der Waals surface area contributed by atoms with Crippen molar-refractivity contribution in [3.8, 4) is 22.4 Å². The Labute approximate surface area is 147 Å². The summed E-state index contributed by atoms with van der Waals surface area (Å²) in [7, 11) is 0. The zero-order chi connectivity index (χ0) is 15.8. The fraction of sp³-hybridized carbons (Fsp3) is 0.0556. The van der Waals surface area contributed by atoms with E-state index in [-0.39, 0.29) is 0 Å². The van der Waals surface area contributed by atoms with Crippen LogP contribution in [0.5, 0.6) is 0 Å². The molecule has 0 spiro atoms. The summed E-state index contributed by atoms with van der Waals surface area (Å²) in [5.74, 6) is 0. The van der Waals surface area contributed by atoms with E-state index in [0.717, 1.165) is 32.3 Å². The van der Waals surface area contributed by atoms with Crippen LogP contribution >= 0.6 is 11.3 Å². The van der Waals surface area contributed by atoms with Gasteiger partial charge in [0.1, 0.15) is 0 Å². The van der Waals surface area contributed by atoms with Crippen LogP contribution in [0.1, 0.15) is 5.56 Å². The van der Waals surface area contributed by atoms with E-state index >= 15 is 0 Å². The summed E-state index contributed by atoms with van der Waals surface area (Å²) in [6, 6.07) is 12.9. The molecule has 0 saturated carbocycles. The Morgan fingerprint density at radius 1 is 1.00 bits per heavy atom. The molecule has 1 aromatic carbocycles. The molecule has 0 aliphatic carbocycles. The third-order valence-corrected chi connectivity index (χ3v) is 5.46. The van der Waals surface area contributed by atoms with Crippen LogP contribution in [-0.4, -0.2) is 31.8 Å². The van der Waals surface area contributed by atoms with E-state index in [2.05, 4.69) is 64.1 Å². The Kier molecular flexibility index (Phi) is 3.72. The summed E-state index contributed by atoms with van der Waals surface area (Å²) in [6.45, 7) is 2.10. The third-order valence-electron chi connectivity index (χ3n) is 3.81. The van der Waals surface area contributed by atoms with Crippen molar-refractivity contribution in [1.29, 1.82) is 0 Å². The maximum absolute atomic E-state index is 4.84. The molecule has 3 nitrogen and oxygen atoms in total. The summed E-state index contributed by atoms with van der Waals surface area (Å²) < 4.78 is 1.01. The van der Waals surface area contributed by atoms with E-state index in [1.807, 2.05) is 0 Å². The summed E-state index contributed by atoms with van der Waals surface area (Å²) in [5.41, 5.74) is 6.42. The number of pyridine rings is 1. The van der Waals surface area contributed by atoms with Gasteiger partial charge in [-0.2, -0.15) is 0 Å². The number of aryl methyl sites for hydroxylation is 1. The van der Waals surface area contributed by atoms with Crippen molar-refractivity contribution in [2.24, 2.45) is 0 Å². The Balaban J connectivity index is 2.05. The first kappa shape index (κ1) is 14.6. The van der Waals surface area contributed by atoms with Crippen LogP contribution < -0.4 is 4.48 Å². The quantitative estimate of drug-likeness (QED) is 0.503. The van der Waals surface area contributed by atoms with Gasteiger partial charge in [-0.15, -0.1) is 0 Å². The van der Waals surface area contributed by atoms with E-state index in [4.69, 9.17) is 4.98 Å². The number of aromatic nitrogens is 3. The molecule has 5 heteroatoms. The van der Waals surface area contributed by atoms with E-state index in [9.17, 15) is 0 Å². The van der Waals surface area contributed by atoms with Gasteiger partial charge in [0.05, 0.1) is 0 Å². The van der Waals surface area contributed by atoms with Gasteiger partial charge in [-0.3, -0.25) is 0 Å². The van der Waals surface area contributed by atoms with Crippen LogP contribution in [0.15, 0.2) is 53.5 Å². The van der Waals surface area contributed by atoms with Crippen molar-refractivity contribution in [3.05, 3.63) is 59.0 Å². The molecule has 0 radical (unpaired) electrons. The summed E-state index contributed by atoms with van der Waals surface area (Å²) >= 11 is 3.17. The number of thiophene rings is 1. The molecule has 0 amide bonds. The molecule has 0 fully saturated rings. The zero-order valence-electron chi connectivity index (χ0n) is 12.5. The van der Waals surface area contributed by atoms with Gasteiger partial charge in [-0.05, 0) is 0 Å². The molecule has 0 bridgehead atoms. The number of hydrogen-bond donors (Lipinski definition) is 0. The summed E-state index contributed by atoms with van der Waals surface area (Å²) in [5, 5.41) is 5.24. The van der Waals surface area contributed by atoms with Crippen molar-refractivity contribution in [1.82, 2.24) is 15.0 Å². The molecule has 112 valence electrons. The topological polar surface area (TPSA) is 38.7 Å². The minimum absolute atomic E-state index is 0.761. The number of fused-ring (bicyclic) bond motifs is 1. The van der Waals surface area contributed by atoms with E-state index in [1.165, 1.54) is 28.0 Å². The van der Waals surface area contributed by atoms with Crippen LogP contribution in [0, 0.1) is 6.92 Å². The fourth-order valence-electron chi connectivity index (χ4n) is 2.58. The predicted molar refractivity (Wildman–Crippen MR) is 99.0 cm³/mol. The van der Waals surface area contributed by atoms with Crippen LogP contribution in [0.4, 0.5) is 0 Å². The van der Waals surface area contributed by atoms with E-state index in [0.29, 0.717) is 0 Å². The Morgan fingerprint density at radius 3 is 2.57 bits per heavy atom. The molecule has 0 aliphatic rings. The monoisotopic (exact) mass is 379 g/mol. The fourth-order valence-corrected chi connectivity index (χ4v) is 3.80. The Bertz CT molecular complexity index is 979. The average molecular weight is 379 g/mol. The molecular weight excluding hydrogens is 365 g/mol. The first-order valence-electron chi connectivity index (χ1n) is 7.23. The van der Waals surface area contributed by atoms with Crippen molar-refractivity contribution >= 4 is 43.7 Å². The van der Waals surface area contributed by atoms with E-state index < -0.39 is 0 Å². The normalized spacial score (nSPS) is 11.0. The van der Waals surface area contributed by atoms with Crippen molar-refractivity contribution in [2.45, 2.75) is 6.92 Å². The second kappa shape index (κ2) is 5.88. The molecule has 4 aromatic rings. The van der Waals surface area contributed by atoms with Crippen molar-refractivity contribution in [3.63, 3.8) is 0 Å². The van der Waals surface area contributed by atoms with Crippen molar-refractivity contribution < 1.29 is 0 Å². The average Bonchev–Trinajstić information content (AvgIpc) is 3.09. The molecule has 1 atom stereocenters. The number of nitrogens with zero attached hydrogens (tertiary/aromatic N) is 3. The molecule has 23 heavy (non-hydrogen) atoms. The van der Waals surface area contributed by atoms with Crippen LogP contribution in [0.3, 0.4) is 0 Å². The third kappa shape index (κ3) is 2.69. The number of rotatable bonds is 2. The van der Waals surface area contributed by atoms with Crippen LogP contribution in [0.2, 0.25) is 0 Å². The minimum atomic E-state index is 0.761. The van der Waals surface area contributed by atoms with Gasteiger partial charge in [-0.1, -0.05) is 0 Å². The molecule has 4 rings (SSSR count). The van der Waals surface area contributed by atoms with Gasteiger partial charge in [0, 0.05) is 0 Å². The molecular formula is C18H14AsN3S. The van der Waals surface area contributed by atoms with Gasteiger partial charge < -0.3 is 0 Å². The second-order valence-corrected chi connectivity index (χ2v) is 7.32. The molecule has 3 heterocycles. The molecule has 1 unspecified atom stereocenters. The van der Waals surface area contributed by atoms with Gasteiger partial charge in [0.15, 0.2) is 0 Å². The number of benzene rings is 1. The maximum atomic E-state index is 4.84. The summed E-state index contributed by atoms with van der Waals surface area (Å²) in [4.78, 5) is 13.5. The van der Waals surface area contributed by atoms with Crippen LogP contribution in [-0.2, 0) is 0 Å². The molecule has 3 aromatic heterocycles. The Morgan fingerprint density at radius 2 is 1.83 bits per heavy atom. The van der Waals surface area contributed by atoms with Crippen LogP contribution in [0.25, 0.3) is 33.4 Å². The van der Waals surface area contributed by atoms with Gasteiger partial charge in [-0.25, -0.2) is 0 Å². The first-order valence-corrected chi connectivity index (χ1v) is 9.38. The number of hydrogen-bond acceptors (Lipinski definition) is 4. The van der Waals surface area contributed by atoms with Crippen molar-refractivity contribution in [2.75, 3.05) is 0 Å². The summed E-state index contributed by atoms with van der Waals surface area (Å²) in [6.07, 6.45) is 1.59.